The summed E-state index contributed by atoms with van der Waals surface area (Å²) in [6.07, 6.45) is 1.21. The maximum atomic E-state index is 11.3. The number of aryl methyl sites for hydroxylation is 1. The van der Waals surface area contributed by atoms with Gasteiger partial charge in [0.1, 0.15) is 0 Å². The molecular formula is C11H17N3O3S. The van der Waals surface area contributed by atoms with Crippen LogP contribution in [-0.4, -0.2) is 35.2 Å². The van der Waals surface area contributed by atoms with Crippen molar-refractivity contribution < 1.29 is 14.7 Å². The molecule has 6 nitrogen and oxygen atoms in total. The van der Waals surface area contributed by atoms with Gasteiger partial charge >= 0.3 is 12.0 Å². The van der Waals surface area contributed by atoms with Crippen LogP contribution in [0.4, 0.5) is 4.79 Å². The van der Waals surface area contributed by atoms with Gasteiger partial charge in [-0.1, -0.05) is 0 Å². The number of nitrogens with one attached hydrogen (secondary N) is 2. The predicted molar refractivity (Wildman–Crippen MR) is 68.8 cm³/mol. The first-order valence-electron chi connectivity index (χ1n) is 5.72. The second kappa shape index (κ2) is 7.65. The Hall–Kier alpha value is -1.63. The Kier molecular flexibility index (Phi) is 6.13. The Balaban J connectivity index is 2.05. The van der Waals surface area contributed by atoms with Gasteiger partial charge in [-0.3, -0.25) is 4.79 Å². The highest BCUT2D eigenvalue weighted by Crippen LogP contribution is 2.07. The van der Waals surface area contributed by atoms with Gasteiger partial charge in [0.25, 0.3) is 0 Å². The number of thiazole rings is 1. The quantitative estimate of drug-likeness (QED) is 0.649. The molecule has 1 aromatic rings. The fourth-order valence-electron chi connectivity index (χ4n) is 1.33. The Morgan fingerprint density at radius 1 is 1.39 bits per heavy atom. The van der Waals surface area contributed by atoms with E-state index in [0.717, 1.165) is 10.7 Å². The van der Waals surface area contributed by atoms with Gasteiger partial charge < -0.3 is 15.7 Å². The Morgan fingerprint density at radius 3 is 2.72 bits per heavy atom. The third kappa shape index (κ3) is 6.19. The SMILES string of the molecule is Cc1nc(CCNC(=O)NCCCC(=O)O)cs1. The lowest BCUT2D eigenvalue weighted by molar-refractivity contribution is -0.137. The van der Waals surface area contributed by atoms with Gasteiger partial charge in [-0.2, -0.15) is 0 Å². The van der Waals surface area contributed by atoms with Crippen LogP contribution < -0.4 is 10.6 Å². The molecule has 18 heavy (non-hydrogen) atoms. The van der Waals surface area contributed by atoms with E-state index >= 15 is 0 Å². The summed E-state index contributed by atoms with van der Waals surface area (Å²) in [6.45, 7) is 2.83. The molecule has 1 rings (SSSR count). The molecule has 0 aliphatic rings. The zero-order valence-corrected chi connectivity index (χ0v) is 11.0. The van der Waals surface area contributed by atoms with Crippen LogP contribution in [0, 0.1) is 6.92 Å². The molecule has 0 aliphatic carbocycles. The van der Waals surface area contributed by atoms with Crippen molar-refractivity contribution in [2.45, 2.75) is 26.2 Å². The van der Waals surface area contributed by atoms with E-state index in [1.807, 2.05) is 12.3 Å². The standard InChI is InChI=1S/C11H17N3O3S/c1-8-14-9(7-18-8)4-6-13-11(17)12-5-2-3-10(15)16/h7H,2-6H2,1H3,(H,15,16)(H2,12,13,17). The summed E-state index contributed by atoms with van der Waals surface area (Å²) >= 11 is 1.59. The number of amides is 2. The molecule has 0 spiro atoms. The second-order valence-corrected chi connectivity index (χ2v) is 4.85. The third-order valence-electron chi connectivity index (χ3n) is 2.19. The molecular weight excluding hydrogens is 254 g/mol. The topological polar surface area (TPSA) is 91.3 Å². The van der Waals surface area contributed by atoms with Gasteiger partial charge in [0.15, 0.2) is 0 Å². The van der Waals surface area contributed by atoms with Crippen molar-refractivity contribution in [1.82, 2.24) is 15.6 Å². The fraction of sp³-hybridized carbons (Fsp3) is 0.545. The normalized spacial score (nSPS) is 10.1. The maximum Gasteiger partial charge on any atom is 0.314 e. The highest BCUT2D eigenvalue weighted by atomic mass is 32.1. The number of rotatable bonds is 7. The fourth-order valence-corrected chi connectivity index (χ4v) is 1.98. The van der Waals surface area contributed by atoms with E-state index in [0.29, 0.717) is 25.9 Å². The number of aliphatic carboxylic acids is 1. The van der Waals surface area contributed by atoms with E-state index < -0.39 is 5.97 Å². The van der Waals surface area contributed by atoms with Crippen LogP contribution in [-0.2, 0) is 11.2 Å². The second-order valence-electron chi connectivity index (χ2n) is 3.79. The lowest BCUT2D eigenvalue weighted by atomic mass is 10.3. The van der Waals surface area contributed by atoms with Crippen LogP contribution in [0.5, 0.6) is 0 Å². The molecule has 1 heterocycles. The minimum Gasteiger partial charge on any atom is -0.481 e. The van der Waals surface area contributed by atoms with Gasteiger partial charge in [0, 0.05) is 31.3 Å². The van der Waals surface area contributed by atoms with Gasteiger partial charge in [-0.25, -0.2) is 9.78 Å². The van der Waals surface area contributed by atoms with E-state index in [1.165, 1.54) is 0 Å². The average Bonchev–Trinajstić information content (AvgIpc) is 2.70. The summed E-state index contributed by atoms with van der Waals surface area (Å²) in [4.78, 5) is 25.8. The van der Waals surface area contributed by atoms with Crippen LogP contribution in [0.3, 0.4) is 0 Å². The summed E-state index contributed by atoms with van der Waals surface area (Å²) in [7, 11) is 0. The molecule has 0 radical (unpaired) electrons. The van der Waals surface area contributed by atoms with Crippen molar-refractivity contribution in [1.29, 1.82) is 0 Å². The molecule has 3 N–H and O–H groups in total. The van der Waals surface area contributed by atoms with Crippen molar-refractivity contribution >= 4 is 23.3 Å². The van der Waals surface area contributed by atoms with E-state index in [4.69, 9.17) is 5.11 Å². The number of carbonyl (C=O) groups is 2. The molecule has 0 bridgehead atoms. The first-order chi connectivity index (χ1) is 8.58. The van der Waals surface area contributed by atoms with E-state index in [2.05, 4.69) is 15.6 Å². The van der Waals surface area contributed by atoms with Crippen LogP contribution in [0.15, 0.2) is 5.38 Å². The number of nitrogens with zero attached hydrogens (tertiary/aromatic N) is 1. The molecule has 1 aromatic heterocycles. The van der Waals surface area contributed by atoms with Crippen LogP contribution in [0.25, 0.3) is 0 Å². The number of carbonyl (C=O) groups excluding carboxylic acids is 1. The Labute approximate surface area is 109 Å². The monoisotopic (exact) mass is 271 g/mol. The Morgan fingerprint density at radius 2 is 2.11 bits per heavy atom. The van der Waals surface area contributed by atoms with Gasteiger partial charge in [0.05, 0.1) is 10.7 Å². The van der Waals surface area contributed by atoms with Gasteiger partial charge in [-0.05, 0) is 13.3 Å². The summed E-state index contributed by atoms with van der Waals surface area (Å²) in [5.74, 6) is -0.851. The number of hydrogen-bond donors (Lipinski definition) is 3. The minimum atomic E-state index is -0.851. The molecule has 0 atom stereocenters. The zero-order valence-electron chi connectivity index (χ0n) is 10.2. The first-order valence-corrected chi connectivity index (χ1v) is 6.60. The molecule has 100 valence electrons. The third-order valence-corrected chi connectivity index (χ3v) is 3.01. The molecule has 0 fully saturated rings. The number of hydrogen-bond acceptors (Lipinski definition) is 4. The van der Waals surface area contributed by atoms with E-state index in [-0.39, 0.29) is 12.5 Å². The van der Waals surface area contributed by atoms with E-state index in [9.17, 15) is 9.59 Å². The lowest BCUT2D eigenvalue weighted by Crippen LogP contribution is -2.37. The zero-order chi connectivity index (χ0) is 13.4. The number of urea groups is 1. The molecule has 0 saturated carbocycles. The van der Waals surface area contributed by atoms with Crippen LogP contribution in [0.2, 0.25) is 0 Å². The van der Waals surface area contributed by atoms with Crippen molar-refractivity contribution in [3.05, 3.63) is 16.1 Å². The summed E-state index contributed by atoms with van der Waals surface area (Å²) < 4.78 is 0. The smallest absolute Gasteiger partial charge is 0.314 e. The van der Waals surface area contributed by atoms with Crippen molar-refractivity contribution in [2.24, 2.45) is 0 Å². The van der Waals surface area contributed by atoms with Gasteiger partial charge in [-0.15, -0.1) is 11.3 Å². The molecule has 0 aromatic carbocycles. The van der Waals surface area contributed by atoms with Crippen LogP contribution in [0.1, 0.15) is 23.5 Å². The molecule has 7 heteroatoms. The van der Waals surface area contributed by atoms with E-state index in [1.54, 1.807) is 11.3 Å². The van der Waals surface area contributed by atoms with Crippen LogP contribution >= 0.6 is 11.3 Å². The summed E-state index contributed by atoms with van der Waals surface area (Å²) in [5.41, 5.74) is 0.976. The number of carboxylic acid groups (broad SMARTS) is 1. The van der Waals surface area contributed by atoms with Crippen molar-refractivity contribution in [2.75, 3.05) is 13.1 Å². The molecule has 0 aliphatic heterocycles. The van der Waals surface area contributed by atoms with Gasteiger partial charge in [0.2, 0.25) is 0 Å². The summed E-state index contributed by atoms with van der Waals surface area (Å²) in [6, 6.07) is -0.271. The highest BCUT2D eigenvalue weighted by Gasteiger charge is 2.02. The molecule has 0 saturated heterocycles. The maximum absolute atomic E-state index is 11.3. The summed E-state index contributed by atoms with van der Waals surface area (Å²) in [5, 5.41) is 16.7. The average molecular weight is 271 g/mol. The molecule has 2 amide bonds. The van der Waals surface area contributed by atoms with Crippen molar-refractivity contribution in [3.63, 3.8) is 0 Å². The minimum absolute atomic E-state index is 0.0678. The lowest BCUT2D eigenvalue weighted by Gasteiger charge is -2.05. The number of carboxylic acids is 1. The Bertz CT molecular complexity index is 406. The predicted octanol–water partition coefficient (Wildman–Crippen LogP) is 1.16. The number of aromatic nitrogens is 1. The first kappa shape index (κ1) is 14.4. The highest BCUT2D eigenvalue weighted by molar-refractivity contribution is 7.09. The largest absolute Gasteiger partial charge is 0.481 e. The molecule has 0 unspecified atom stereocenters. The van der Waals surface area contributed by atoms with Crippen molar-refractivity contribution in [3.8, 4) is 0 Å².